The van der Waals surface area contributed by atoms with Crippen molar-refractivity contribution in [3.8, 4) is 0 Å². The summed E-state index contributed by atoms with van der Waals surface area (Å²) in [6, 6.07) is -0.117. The first-order valence-corrected chi connectivity index (χ1v) is 8.65. The third-order valence-electron chi connectivity index (χ3n) is 4.86. The van der Waals surface area contributed by atoms with Crippen LogP contribution in [0.3, 0.4) is 0 Å². The Kier molecular flexibility index (Phi) is 4.31. The number of allylic oxidation sites excluding steroid dienone is 2. The van der Waals surface area contributed by atoms with E-state index >= 15 is 0 Å². The minimum absolute atomic E-state index is 0.117. The van der Waals surface area contributed by atoms with E-state index in [1.807, 2.05) is 7.05 Å². The number of amidine groups is 1. The Morgan fingerprint density at radius 2 is 2.09 bits per heavy atom. The topological polar surface area (TPSA) is 35.9 Å². The van der Waals surface area contributed by atoms with Gasteiger partial charge in [0.05, 0.1) is 5.70 Å². The Morgan fingerprint density at radius 3 is 2.68 bits per heavy atom. The van der Waals surface area contributed by atoms with Gasteiger partial charge in [-0.3, -0.25) is 4.79 Å². The summed E-state index contributed by atoms with van der Waals surface area (Å²) in [5.74, 6) is 1.75. The van der Waals surface area contributed by atoms with Gasteiger partial charge in [0.15, 0.2) is 5.84 Å². The maximum Gasteiger partial charge on any atom is 0.249 e. The minimum atomic E-state index is -0.117. The first kappa shape index (κ1) is 15.6. The van der Waals surface area contributed by atoms with Crippen LogP contribution in [0.2, 0.25) is 0 Å². The van der Waals surface area contributed by atoms with E-state index in [2.05, 4.69) is 24.8 Å². The number of likely N-dealkylation sites (N-methyl/N-ethyl adjacent to an activating group) is 1. The van der Waals surface area contributed by atoms with Gasteiger partial charge in [-0.05, 0) is 43.6 Å². The van der Waals surface area contributed by atoms with Crippen LogP contribution in [0.15, 0.2) is 27.5 Å². The zero-order valence-electron chi connectivity index (χ0n) is 13.6. The number of aliphatic imine (C=N–C) groups is 1. The molecule has 1 saturated heterocycles. The number of piperazine rings is 1. The normalized spacial score (nSPS) is 25.8. The number of hydrogen-bond acceptors (Lipinski definition) is 3. The number of nitrogens with zero attached hydrogens (tertiary/aromatic N) is 3. The summed E-state index contributed by atoms with van der Waals surface area (Å²) in [4.78, 5) is 21.4. The SMILES string of the molecule is CCC1=C(Cl)N=C2C(=CC1)N(C)C(=O)C(CC)N2CC1CC1. The minimum Gasteiger partial charge on any atom is -0.343 e. The Bertz CT molecular complexity index is 574. The number of hydrogen-bond donors (Lipinski definition) is 0. The van der Waals surface area contributed by atoms with Crippen molar-refractivity contribution in [2.45, 2.75) is 52.0 Å². The summed E-state index contributed by atoms with van der Waals surface area (Å²) >= 11 is 6.43. The van der Waals surface area contributed by atoms with Gasteiger partial charge in [0.2, 0.25) is 5.91 Å². The summed E-state index contributed by atoms with van der Waals surface area (Å²) in [7, 11) is 1.85. The molecule has 0 aromatic carbocycles. The van der Waals surface area contributed by atoms with Gasteiger partial charge in [-0.1, -0.05) is 31.5 Å². The molecule has 0 N–H and O–H groups in total. The van der Waals surface area contributed by atoms with Gasteiger partial charge < -0.3 is 9.80 Å². The van der Waals surface area contributed by atoms with Crippen molar-refractivity contribution in [3.63, 3.8) is 0 Å². The Balaban J connectivity index is 2.04. The largest absolute Gasteiger partial charge is 0.343 e. The van der Waals surface area contributed by atoms with Crippen molar-refractivity contribution in [3.05, 3.63) is 22.5 Å². The molecular formula is C17H24ClN3O. The molecule has 3 rings (SSSR count). The lowest BCUT2D eigenvalue weighted by Crippen LogP contribution is -2.57. The number of amides is 1. The Labute approximate surface area is 137 Å². The standard InChI is InChI=1S/C17H24ClN3O/c1-4-12-8-9-14-16(19-15(12)18)21(10-11-6-7-11)13(5-2)17(22)20(14)3/h9,11,13H,4-8,10H2,1-3H3. The fraction of sp³-hybridized carbons (Fsp3) is 0.647. The molecule has 0 aromatic rings. The second kappa shape index (κ2) is 6.07. The number of halogens is 1. The van der Waals surface area contributed by atoms with Crippen LogP contribution in [0, 0.1) is 5.92 Å². The monoisotopic (exact) mass is 321 g/mol. The molecule has 1 saturated carbocycles. The third-order valence-corrected chi connectivity index (χ3v) is 5.21. The smallest absolute Gasteiger partial charge is 0.249 e. The highest BCUT2D eigenvalue weighted by atomic mass is 35.5. The van der Waals surface area contributed by atoms with E-state index in [1.165, 1.54) is 12.8 Å². The van der Waals surface area contributed by atoms with Crippen molar-refractivity contribution in [2.75, 3.05) is 13.6 Å². The maximum absolute atomic E-state index is 12.7. The van der Waals surface area contributed by atoms with Gasteiger partial charge in [-0.25, -0.2) is 4.99 Å². The predicted molar refractivity (Wildman–Crippen MR) is 89.6 cm³/mol. The van der Waals surface area contributed by atoms with Crippen LogP contribution in [0.5, 0.6) is 0 Å². The highest BCUT2D eigenvalue weighted by Crippen LogP contribution is 2.35. The summed E-state index contributed by atoms with van der Waals surface area (Å²) in [6.07, 6.45) is 7.07. The molecule has 22 heavy (non-hydrogen) atoms. The maximum atomic E-state index is 12.7. The summed E-state index contributed by atoms with van der Waals surface area (Å²) in [5.41, 5.74) is 2.05. The molecule has 0 spiro atoms. The molecule has 0 bridgehead atoms. The van der Waals surface area contributed by atoms with Crippen LogP contribution in [-0.2, 0) is 4.79 Å². The zero-order chi connectivity index (χ0) is 15.9. The third kappa shape index (κ3) is 2.69. The van der Waals surface area contributed by atoms with Gasteiger partial charge in [0.25, 0.3) is 0 Å². The number of carbonyl (C=O) groups is 1. The lowest BCUT2D eigenvalue weighted by atomic mass is 10.0. The van der Waals surface area contributed by atoms with Gasteiger partial charge in [0.1, 0.15) is 11.2 Å². The average Bonchev–Trinajstić information content (AvgIpc) is 3.32. The first-order valence-electron chi connectivity index (χ1n) is 8.27. The van der Waals surface area contributed by atoms with Crippen LogP contribution in [0.25, 0.3) is 0 Å². The van der Waals surface area contributed by atoms with Gasteiger partial charge in [-0.2, -0.15) is 0 Å². The van der Waals surface area contributed by atoms with Gasteiger partial charge >= 0.3 is 0 Å². The van der Waals surface area contributed by atoms with E-state index in [-0.39, 0.29) is 11.9 Å². The molecule has 4 nitrogen and oxygen atoms in total. The molecule has 0 aromatic heterocycles. The van der Waals surface area contributed by atoms with E-state index < -0.39 is 0 Å². The van der Waals surface area contributed by atoms with Crippen LogP contribution in [0.1, 0.15) is 46.0 Å². The summed E-state index contributed by atoms with van der Waals surface area (Å²) < 4.78 is 0. The van der Waals surface area contributed by atoms with Crippen LogP contribution < -0.4 is 0 Å². The van der Waals surface area contributed by atoms with E-state index in [0.717, 1.165) is 42.9 Å². The lowest BCUT2D eigenvalue weighted by Gasteiger charge is -2.42. The molecule has 0 radical (unpaired) electrons. The second-order valence-electron chi connectivity index (χ2n) is 6.39. The average molecular weight is 322 g/mol. The second-order valence-corrected chi connectivity index (χ2v) is 6.75. The predicted octanol–water partition coefficient (Wildman–Crippen LogP) is 3.50. The van der Waals surface area contributed by atoms with E-state index in [4.69, 9.17) is 16.6 Å². The highest BCUT2D eigenvalue weighted by molar-refractivity contribution is 6.31. The molecule has 1 unspecified atom stereocenters. The van der Waals surface area contributed by atoms with Crippen molar-refractivity contribution >= 4 is 23.3 Å². The van der Waals surface area contributed by atoms with Crippen molar-refractivity contribution < 1.29 is 4.79 Å². The van der Waals surface area contributed by atoms with Crippen molar-refractivity contribution in [1.29, 1.82) is 0 Å². The van der Waals surface area contributed by atoms with Crippen LogP contribution >= 0.6 is 11.6 Å². The van der Waals surface area contributed by atoms with Gasteiger partial charge in [-0.15, -0.1) is 0 Å². The molecule has 2 heterocycles. The molecule has 1 amide bonds. The number of fused-ring (bicyclic) bond motifs is 1. The molecule has 3 aliphatic rings. The molecule has 2 aliphatic heterocycles. The fourth-order valence-electron chi connectivity index (χ4n) is 3.22. The van der Waals surface area contributed by atoms with Crippen LogP contribution in [-0.4, -0.2) is 41.2 Å². The fourth-order valence-corrected chi connectivity index (χ4v) is 3.51. The Morgan fingerprint density at radius 1 is 1.36 bits per heavy atom. The van der Waals surface area contributed by atoms with E-state index in [9.17, 15) is 4.79 Å². The van der Waals surface area contributed by atoms with E-state index in [1.54, 1.807) is 4.90 Å². The first-order chi connectivity index (χ1) is 10.6. The number of rotatable bonds is 4. The lowest BCUT2D eigenvalue weighted by molar-refractivity contribution is -0.133. The molecule has 1 aliphatic carbocycles. The molecule has 120 valence electrons. The molecule has 1 atom stereocenters. The van der Waals surface area contributed by atoms with Crippen LogP contribution in [0.4, 0.5) is 0 Å². The zero-order valence-corrected chi connectivity index (χ0v) is 14.4. The molecule has 2 fully saturated rings. The molecule has 5 heteroatoms. The number of carbonyl (C=O) groups excluding carboxylic acids is 1. The molecular weight excluding hydrogens is 298 g/mol. The van der Waals surface area contributed by atoms with Gasteiger partial charge in [0, 0.05) is 13.6 Å². The van der Waals surface area contributed by atoms with Crippen molar-refractivity contribution in [2.24, 2.45) is 10.9 Å². The quantitative estimate of drug-likeness (QED) is 0.743. The highest BCUT2D eigenvalue weighted by Gasteiger charge is 2.41. The van der Waals surface area contributed by atoms with E-state index in [0.29, 0.717) is 11.1 Å². The Hall–Kier alpha value is -1.29. The summed E-state index contributed by atoms with van der Waals surface area (Å²) in [6.45, 7) is 5.08. The summed E-state index contributed by atoms with van der Waals surface area (Å²) in [5, 5.41) is 0.599. The van der Waals surface area contributed by atoms with Crippen molar-refractivity contribution in [1.82, 2.24) is 9.80 Å².